The molecule has 1 atom stereocenters. The van der Waals surface area contributed by atoms with Crippen LogP contribution in [-0.4, -0.2) is 59.1 Å². The largest absolute Gasteiger partial charge is 0.444 e. The van der Waals surface area contributed by atoms with E-state index in [4.69, 9.17) is 4.74 Å². The second kappa shape index (κ2) is 8.20. The smallest absolute Gasteiger partial charge is 0.407 e. The summed E-state index contributed by atoms with van der Waals surface area (Å²) in [5.41, 5.74) is -1.42. The van der Waals surface area contributed by atoms with Crippen LogP contribution in [0.25, 0.3) is 0 Å². The molecule has 1 spiro atoms. The van der Waals surface area contributed by atoms with Gasteiger partial charge in [0.15, 0.2) is 0 Å². The van der Waals surface area contributed by atoms with Crippen molar-refractivity contribution < 1.29 is 23.9 Å². The van der Waals surface area contributed by atoms with E-state index >= 15 is 0 Å². The van der Waals surface area contributed by atoms with Gasteiger partial charge in [-0.1, -0.05) is 0 Å². The standard InChI is InChI=1S/C20H32N4O5/c1-19(2,3)29-18(28)21-12-14-6-4-5-11-24(14)15(25)13-7-9-20(10-8-13)16(26)22-17(27)23-20/h13-14H,4-12H2,1-3H3,(H,21,28)(H2,22,23,26,27). The van der Waals surface area contributed by atoms with Crippen molar-refractivity contribution >= 4 is 23.9 Å². The van der Waals surface area contributed by atoms with Crippen molar-refractivity contribution in [3.8, 4) is 0 Å². The number of piperidine rings is 1. The Morgan fingerprint density at radius 2 is 1.86 bits per heavy atom. The minimum atomic E-state index is -0.854. The number of nitrogens with zero attached hydrogens (tertiary/aromatic N) is 1. The maximum atomic E-state index is 13.2. The summed E-state index contributed by atoms with van der Waals surface area (Å²) in [4.78, 5) is 50.6. The molecule has 0 radical (unpaired) electrons. The molecule has 9 heteroatoms. The maximum absolute atomic E-state index is 13.2. The Morgan fingerprint density at radius 3 is 2.45 bits per heavy atom. The Hall–Kier alpha value is -2.32. The van der Waals surface area contributed by atoms with E-state index in [2.05, 4.69) is 16.0 Å². The number of carbonyl (C=O) groups is 4. The zero-order chi connectivity index (χ0) is 21.2. The zero-order valence-corrected chi connectivity index (χ0v) is 17.5. The summed E-state index contributed by atoms with van der Waals surface area (Å²) < 4.78 is 5.29. The molecule has 2 saturated heterocycles. The molecule has 1 aliphatic carbocycles. The molecule has 2 heterocycles. The lowest BCUT2D eigenvalue weighted by Crippen LogP contribution is -2.54. The summed E-state index contributed by atoms with van der Waals surface area (Å²) in [6.07, 6.45) is 4.40. The summed E-state index contributed by atoms with van der Waals surface area (Å²) in [6.45, 7) is 6.48. The highest BCUT2D eigenvalue weighted by atomic mass is 16.6. The summed E-state index contributed by atoms with van der Waals surface area (Å²) >= 11 is 0. The molecule has 0 aromatic carbocycles. The van der Waals surface area contributed by atoms with Crippen LogP contribution in [0.1, 0.15) is 65.7 Å². The Kier molecular flexibility index (Phi) is 6.05. The number of hydrogen-bond acceptors (Lipinski definition) is 5. The molecule has 3 fully saturated rings. The van der Waals surface area contributed by atoms with Crippen LogP contribution in [0, 0.1) is 5.92 Å². The van der Waals surface area contributed by atoms with Crippen molar-refractivity contribution in [2.75, 3.05) is 13.1 Å². The lowest BCUT2D eigenvalue weighted by atomic mass is 9.75. The minimum Gasteiger partial charge on any atom is -0.444 e. The first-order chi connectivity index (χ1) is 13.6. The number of hydrogen-bond donors (Lipinski definition) is 3. The number of alkyl carbamates (subject to hydrolysis) is 1. The predicted molar refractivity (Wildman–Crippen MR) is 105 cm³/mol. The van der Waals surface area contributed by atoms with Gasteiger partial charge in [-0.25, -0.2) is 9.59 Å². The van der Waals surface area contributed by atoms with Crippen molar-refractivity contribution in [1.82, 2.24) is 20.9 Å². The van der Waals surface area contributed by atoms with E-state index in [1.165, 1.54) is 0 Å². The molecule has 9 nitrogen and oxygen atoms in total. The summed E-state index contributed by atoms with van der Waals surface area (Å²) in [6, 6.07) is -0.502. The molecular weight excluding hydrogens is 376 g/mol. The fourth-order valence-electron chi connectivity index (χ4n) is 4.49. The van der Waals surface area contributed by atoms with Crippen molar-refractivity contribution in [3.63, 3.8) is 0 Å². The monoisotopic (exact) mass is 408 g/mol. The second-order valence-electron chi connectivity index (χ2n) is 9.33. The molecule has 0 aromatic heterocycles. The van der Waals surface area contributed by atoms with Crippen LogP contribution in [-0.2, 0) is 14.3 Å². The number of carbonyl (C=O) groups excluding carboxylic acids is 4. The summed E-state index contributed by atoms with van der Waals surface area (Å²) in [5.74, 6) is -0.362. The first-order valence-electron chi connectivity index (χ1n) is 10.5. The molecule has 0 bridgehead atoms. The highest BCUT2D eigenvalue weighted by Crippen LogP contribution is 2.36. The van der Waals surface area contributed by atoms with Crippen molar-refractivity contribution in [3.05, 3.63) is 0 Å². The van der Waals surface area contributed by atoms with Crippen LogP contribution in [0.15, 0.2) is 0 Å². The van der Waals surface area contributed by atoms with Gasteiger partial charge in [0, 0.05) is 25.0 Å². The fourth-order valence-corrected chi connectivity index (χ4v) is 4.49. The minimum absolute atomic E-state index is 0.0471. The van der Waals surface area contributed by atoms with Crippen LogP contribution in [0.4, 0.5) is 9.59 Å². The average molecular weight is 408 g/mol. The third-order valence-corrected chi connectivity index (χ3v) is 5.99. The third-order valence-electron chi connectivity index (χ3n) is 5.99. The Morgan fingerprint density at radius 1 is 1.17 bits per heavy atom. The molecule has 0 aromatic rings. The van der Waals surface area contributed by atoms with E-state index in [0.717, 1.165) is 19.3 Å². The van der Waals surface area contributed by atoms with Gasteiger partial charge in [-0.3, -0.25) is 14.9 Å². The van der Waals surface area contributed by atoms with Crippen molar-refractivity contribution in [1.29, 1.82) is 0 Å². The SMILES string of the molecule is CC(C)(C)OC(=O)NCC1CCCCN1C(=O)C1CCC2(CC1)NC(=O)NC2=O. The first kappa shape index (κ1) is 21.4. The average Bonchev–Trinajstić information content (AvgIpc) is 2.92. The van der Waals surface area contributed by atoms with Gasteiger partial charge in [-0.05, 0) is 65.7 Å². The lowest BCUT2D eigenvalue weighted by molar-refractivity contribution is -0.141. The van der Waals surface area contributed by atoms with E-state index in [1.807, 2.05) is 25.7 Å². The van der Waals surface area contributed by atoms with Gasteiger partial charge in [-0.2, -0.15) is 0 Å². The zero-order valence-electron chi connectivity index (χ0n) is 17.5. The molecule has 2 aliphatic heterocycles. The fraction of sp³-hybridized carbons (Fsp3) is 0.800. The van der Waals surface area contributed by atoms with Gasteiger partial charge < -0.3 is 20.3 Å². The Bertz CT molecular complexity index is 679. The number of ether oxygens (including phenoxy) is 1. The van der Waals surface area contributed by atoms with Crippen LogP contribution >= 0.6 is 0 Å². The topological polar surface area (TPSA) is 117 Å². The Labute approximate surface area is 171 Å². The van der Waals surface area contributed by atoms with Gasteiger partial charge in [0.2, 0.25) is 5.91 Å². The summed E-state index contributed by atoms with van der Waals surface area (Å²) in [5, 5.41) is 7.82. The molecule has 1 saturated carbocycles. The lowest BCUT2D eigenvalue weighted by Gasteiger charge is -2.40. The van der Waals surface area contributed by atoms with Crippen LogP contribution in [0.2, 0.25) is 0 Å². The maximum Gasteiger partial charge on any atom is 0.407 e. The molecule has 162 valence electrons. The third kappa shape index (κ3) is 5.00. The molecular formula is C20H32N4O5. The highest BCUT2D eigenvalue weighted by molar-refractivity contribution is 6.07. The van der Waals surface area contributed by atoms with Crippen LogP contribution in [0.5, 0.6) is 0 Å². The van der Waals surface area contributed by atoms with Gasteiger partial charge in [0.05, 0.1) is 0 Å². The molecule has 3 N–H and O–H groups in total. The molecule has 29 heavy (non-hydrogen) atoms. The number of nitrogens with one attached hydrogen (secondary N) is 3. The number of imide groups is 1. The number of likely N-dealkylation sites (tertiary alicyclic amines) is 1. The normalized spacial score (nSPS) is 30.0. The van der Waals surface area contributed by atoms with E-state index < -0.39 is 23.3 Å². The van der Waals surface area contributed by atoms with Crippen LogP contribution in [0.3, 0.4) is 0 Å². The number of amides is 5. The molecule has 1 unspecified atom stereocenters. The van der Waals surface area contributed by atoms with Gasteiger partial charge in [-0.15, -0.1) is 0 Å². The Balaban J connectivity index is 1.55. The van der Waals surface area contributed by atoms with Crippen molar-refractivity contribution in [2.45, 2.75) is 82.9 Å². The second-order valence-corrected chi connectivity index (χ2v) is 9.33. The summed E-state index contributed by atoms with van der Waals surface area (Å²) in [7, 11) is 0. The molecule has 5 amide bonds. The van der Waals surface area contributed by atoms with Gasteiger partial charge in [0.1, 0.15) is 11.1 Å². The number of urea groups is 1. The first-order valence-corrected chi connectivity index (χ1v) is 10.5. The predicted octanol–water partition coefficient (Wildman–Crippen LogP) is 1.66. The van der Waals surface area contributed by atoms with E-state index in [0.29, 0.717) is 38.8 Å². The molecule has 3 rings (SSSR count). The number of rotatable bonds is 3. The van der Waals surface area contributed by atoms with E-state index in [-0.39, 0.29) is 23.8 Å². The van der Waals surface area contributed by atoms with Gasteiger partial charge >= 0.3 is 12.1 Å². The van der Waals surface area contributed by atoms with Gasteiger partial charge in [0.25, 0.3) is 5.91 Å². The molecule has 3 aliphatic rings. The quantitative estimate of drug-likeness (QED) is 0.614. The highest BCUT2D eigenvalue weighted by Gasteiger charge is 2.49. The van der Waals surface area contributed by atoms with E-state index in [9.17, 15) is 19.2 Å². The van der Waals surface area contributed by atoms with Crippen LogP contribution < -0.4 is 16.0 Å². The van der Waals surface area contributed by atoms with Crippen molar-refractivity contribution in [2.24, 2.45) is 5.92 Å². The van der Waals surface area contributed by atoms with E-state index in [1.54, 1.807) is 0 Å².